The predicted octanol–water partition coefficient (Wildman–Crippen LogP) is 3.25. The van der Waals surface area contributed by atoms with Crippen molar-refractivity contribution in [3.63, 3.8) is 0 Å². The van der Waals surface area contributed by atoms with Gasteiger partial charge in [-0.25, -0.2) is 8.91 Å². The van der Waals surface area contributed by atoms with E-state index in [0.29, 0.717) is 18.7 Å². The van der Waals surface area contributed by atoms with Gasteiger partial charge < -0.3 is 10.2 Å². The SMILES string of the molecule is O=C(c1ccc2c(-c3ccncc3)c(-c3ccc(F)cc3)nn2c1)N1CCNCC1. The summed E-state index contributed by atoms with van der Waals surface area (Å²) >= 11 is 0. The third-order valence-corrected chi connectivity index (χ3v) is 5.37. The number of nitrogens with one attached hydrogen (secondary N) is 1. The molecule has 3 aromatic heterocycles. The number of piperazine rings is 1. The first-order chi connectivity index (χ1) is 14.7. The molecule has 0 saturated carbocycles. The van der Waals surface area contributed by atoms with Gasteiger partial charge in [0, 0.05) is 55.9 Å². The van der Waals surface area contributed by atoms with Gasteiger partial charge in [-0.2, -0.15) is 5.10 Å². The fourth-order valence-electron chi connectivity index (χ4n) is 3.84. The van der Waals surface area contributed by atoms with Gasteiger partial charge in [-0.1, -0.05) is 0 Å². The van der Waals surface area contributed by atoms with E-state index in [0.717, 1.165) is 41.0 Å². The van der Waals surface area contributed by atoms with Crippen molar-refractivity contribution in [3.05, 3.63) is 78.5 Å². The van der Waals surface area contributed by atoms with Crippen molar-refractivity contribution in [2.24, 2.45) is 0 Å². The number of nitrogens with zero attached hydrogens (tertiary/aromatic N) is 4. The molecule has 1 N–H and O–H groups in total. The molecule has 1 aliphatic heterocycles. The lowest BCUT2D eigenvalue weighted by Gasteiger charge is -2.27. The number of hydrogen-bond donors (Lipinski definition) is 1. The number of carbonyl (C=O) groups excluding carboxylic acids is 1. The van der Waals surface area contributed by atoms with E-state index in [1.807, 2.05) is 29.2 Å². The smallest absolute Gasteiger partial charge is 0.255 e. The quantitative estimate of drug-likeness (QED) is 0.573. The fourth-order valence-corrected chi connectivity index (χ4v) is 3.84. The van der Waals surface area contributed by atoms with Crippen molar-refractivity contribution in [1.29, 1.82) is 0 Å². The summed E-state index contributed by atoms with van der Waals surface area (Å²) in [5.74, 6) is -0.292. The molecule has 0 aliphatic carbocycles. The second-order valence-corrected chi connectivity index (χ2v) is 7.26. The number of halogens is 1. The number of fused-ring (bicyclic) bond motifs is 1. The van der Waals surface area contributed by atoms with Crippen LogP contribution in [0.1, 0.15) is 10.4 Å². The van der Waals surface area contributed by atoms with Crippen molar-refractivity contribution in [2.75, 3.05) is 26.2 Å². The van der Waals surface area contributed by atoms with Crippen LogP contribution in [-0.4, -0.2) is 51.6 Å². The largest absolute Gasteiger partial charge is 0.336 e. The molecule has 1 saturated heterocycles. The summed E-state index contributed by atoms with van der Waals surface area (Å²) in [6.07, 6.45) is 5.24. The molecular weight excluding hydrogens is 381 g/mol. The molecule has 0 unspecified atom stereocenters. The molecule has 4 aromatic rings. The molecule has 0 atom stereocenters. The zero-order valence-corrected chi connectivity index (χ0v) is 16.3. The topological polar surface area (TPSA) is 62.5 Å². The fraction of sp³-hybridized carbons (Fsp3) is 0.174. The van der Waals surface area contributed by atoms with E-state index in [1.165, 1.54) is 12.1 Å². The number of aromatic nitrogens is 3. The Bertz CT molecular complexity index is 1200. The van der Waals surface area contributed by atoms with Gasteiger partial charge in [0.15, 0.2) is 0 Å². The molecule has 1 aliphatic rings. The van der Waals surface area contributed by atoms with E-state index in [9.17, 15) is 9.18 Å². The number of rotatable bonds is 3. The number of amides is 1. The number of hydrogen-bond acceptors (Lipinski definition) is 4. The van der Waals surface area contributed by atoms with E-state index >= 15 is 0 Å². The number of benzene rings is 1. The van der Waals surface area contributed by atoms with Gasteiger partial charge >= 0.3 is 0 Å². The number of carbonyl (C=O) groups is 1. The minimum absolute atomic E-state index is 0.00249. The maximum atomic E-state index is 13.5. The van der Waals surface area contributed by atoms with Gasteiger partial charge in [0.1, 0.15) is 11.5 Å². The minimum atomic E-state index is -0.295. The van der Waals surface area contributed by atoms with Gasteiger partial charge in [-0.3, -0.25) is 9.78 Å². The normalized spacial score (nSPS) is 14.2. The average molecular weight is 401 g/mol. The van der Waals surface area contributed by atoms with Crippen molar-refractivity contribution in [3.8, 4) is 22.4 Å². The highest BCUT2D eigenvalue weighted by atomic mass is 19.1. The minimum Gasteiger partial charge on any atom is -0.336 e. The van der Waals surface area contributed by atoms with Crippen molar-refractivity contribution in [2.45, 2.75) is 0 Å². The van der Waals surface area contributed by atoms with Crippen LogP contribution in [0.15, 0.2) is 67.1 Å². The summed E-state index contributed by atoms with van der Waals surface area (Å²) in [6, 6.07) is 13.9. The second kappa shape index (κ2) is 7.68. The molecule has 1 aromatic carbocycles. The molecule has 0 radical (unpaired) electrons. The standard InChI is InChI=1S/C23H20FN5O/c24-19-4-1-17(2-5-19)22-21(16-7-9-25-10-8-16)20-6-3-18(15-29(20)27-22)23(30)28-13-11-26-12-14-28/h1-10,15,26H,11-14H2. The summed E-state index contributed by atoms with van der Waals surface area (Å²) < 4.78 is 15.2. The molecular formula is C23H20FN5O. The van der Waals surface area contributed by atoms with Gasteiger partial charge in [0.05, 0.1) is 11.1 Å². The van der Waals surface area contributed by atoms with Gasteiger partial charge in [0.25, 0.3) is 5.91 Å². The van der Waals surface area contributed by atoms with Crippen LogP contribution in [0.2, 0.25) is 0 Å². The van der Waals surface area contributed by atoms with Crippen LogP contribution in [0.4, 0.5) is 4.39 Å². The maximum absolute atomic E-state index is 13.5. The van der Waals surface area contributed by atoms with Crippen LogP contribution in [0.25, 0.3) is 27.9 Å². The summed E-state index contributed by atoms with van der Waals surface area (Å²) in [6.45, 7) is 2.99. The Kier molecular flexibility index (Phi) is 4.72. The lowest BCUT2D eigenvalue weighted by molar-refractivity contribution is 0.0735. The lowest BCUT2D eigenvalue weighted by atomic mass is 10.0. The van der Waals surface area contributed by atoms with Crippen LogP contribution in [0, 0.1) is 5.82 Å². The predicted molar refractivity (Wildman–Crippen MR) is 113 cm³/mol. The summed E-state index contributed by atoms with van der Waals surface area (Å²) in [7, 11) is 0. The average Bonchev–Trinajstić information content (AvgIpc) is 3.19. The van der Waals surface area contributed by atoms with E-state index in [4.69, 9.17) is 5.10 Å². The Balaban J connectivity index is 1.64. The molecule has 1 fully saturated rings. The second-order valence-electron chi connectivity index (χ2n) is 7.26. The molecule has 0 bridgehead atoms. The van der Waals surface area contributed by atoms with Gasteiger partial charge in [-0.15, -0.1) is 0 Å². The van der Waals surface area contributed by atoms with Crippen LogP contribution in [0.5, 0.6) is 0 Å². The van der Waals surface area contributed by atoms with E-state index in [-0.39, 0.29) is 11.7 Å². The van der Waals surface area contributed by atoms with E-state index in [2.05, 4.69) is 10.3 Å². The third kappa shape index (κ3) is 3.33. The highest BCUT2D eigenvalue weighted by Gasteiger charge is 2.21. The Hall–Kier alpha value is -3.58. The van der Waals surface area contributed by atoms with Crippen LogP contribution in [-0.2, 0) is 0 Å². The third-order valence-electron chi connectivity index (χ3n) is 5.37. The molecule has 1 amide bonds. The van der Waals surface area contributed by atoms with E-state index in [1.54, 1.807) is 35.2 Å². The Morgan fingerprint density at radius 2 is 1.67 bits per heavy atom. The summed E-state index contributed by atoms with van der Waals surface area (Å²) in [5.41, 5.74) is 4.89. The van der Waals surface area contributed by atoms with Crippen LogP contribution < -0.4 is 5.32 Å². The highest BCUT2D eigenvalue weighted by Crippen LogP contribution is 2.35. The first kappa shape index (κ1) is 18.4. The van der Waals surface area contributed by atoms with Crippen LogP contribution in [0.3, 0.4) is 0 Å². The molecule has 30 heavy (non-hydrogen) atoms. The van der Waals surface area contributed by atoms with Crippen molar-refractivity contribution >= 4 is 11.4 Å². The molecule has 4 heterocycles. The molecule has 5 rings (SSSR count). The Labute approximate surface area is 173 Å². The number of pyridine rings is 2. The van der Waals surface area contributed by atoms with Crippen LogP contribution >= 0.6 is 0 Å². The highest BCUT2D eigenvalue weighted by molar-refractivity contribution is 5.96. The van der Waals surface area contributed by atoms with Gasteiger partial charge in [0.2, 0.25) is 0 Å². The first-order valence-electron chi connectivity index (χ1n) is 9.89. The van der Waals surface area contributed by atoms with E-state index < -0.39 is 0 Å². The zero-order chi connectivity index (χ0) is 20.5. The molecule has 0 spiro atoms. The monoisotopic (exact) mass is 401 g/mol. The Morgan fingerprint density at radius 1 is 0.933 bits per heavy atom. The summed E-state index contributed by atoms with van der Waals surface area (Å²) in [4.78, 5) is 18.9. The lowest BCUT2D eigenvalue weighted by Crippen LogP contribution is -2.46. The molecule has 6 nitrogen and oxygen atoms in total. The van der Waals surface area contributed by atoms with Crippen molar-refractivity contribution < 1.29 is 9.18 Å². The first-order valence-corrected chi connectivity index (χ1v) is 9.89. The molecule has 7 heteroatoms. The zero-order valence-electron chi connectivity index (χ0n) is 16.3. The van der Waals surface area contributed by atoms with Crippen molar-refractivity contribution in [1.82, 2.24) is 24.8 Å². The maximum Gasteiger partial charge on any atom is 0.255 e. The molecule has 150 valence electrons. The van der Waals surface area contributed by atoms with Gasteiger partial charge in [-0.05, 0) is 54.1 Å². The summed E-state index contributed by atoms with van der Waals surface area (Å²) in [5, 5.41) is 8.03. The Morgan fingerprint density at radius 3 is 2.40 bits per heavy atom.